The maximum Gasteiger partial charge on any atom is 0.307 e. The summed E-state index contributed by atoms with van der Waals surface area (Å²) in [5.74, 6) is 0.240. The number of morpholine rings is 1. The highest BCUT2D eigenvalue weighted by molar-refractivity contribution is 14.0. The molecule has 0 spiro atoms. The van der Waals surface area contributed by atoms with E-state index in [9.17, 15) is 9.18 Å². The van der Waals surface area contributed by atoms with Crippen LogP contribution in [0.15, 0.2) is 29.3 Å². The van der Waals surface area contributed by atoms with Crippen LogP contribution in [-0.4, -0.2) is 55.2 Å². The van der Waals surface area contributed by atoms with E-state index in [-0.39, 0.29) is 60.5 Å². The van der Waals surface area contributed by atoms with Crippen molar-refractivity contribution in [1.82, 2.24) is 10.2 Å². The molecule has 2 unspecified atom stereocenters. The summed E-state index contributed by atoms with van der Waals surface area (Å²) in [6, 6.07) is 6.40. The maximum absolute atomic E-state index is 13.2. The molecule has 1 saturated heterocycles. The third kappa shape index (κ3) is 7.90. The summed E-state index contributed by atoms with van der Waals surface area (Å²) in [5.41, 5.74) is 0.935. The molecule has 0 saturated carbocycles. The number of nitrogens with zero attached hydrogens (tertiary/aromatic N) is 2. The van der Waals surface area contributed by atoms with Gasteiger partial charge < -0.3 is 19.7 Å². The second-order valence-electron chi connectivity index (χ2n) is 6.92. The minimum Gasteiger partial charge on any atom is -0.463 e. The lowest BCUT2D eigenvalue weighted by molar-refractivity contribution is -0.147. The van der Waals surface area contributed by atoms with Crippen LogP contribution in [0.5, 0.6) is 0 Å². The van der Waals surface area contributed by atoms with Gasteiger partial charge in [-0.05, 0) is 45.4 Å². The van der Waals surface area contributed by atoms with E-state index in [1.807, 2.05) is 27.7 Å². The summed E-state index contributed by atoms with van der Waals surface area (Å²) in [7, 11) is 0. The molecular weight excluding hydrogens is 476 g/mol. The number of rotatable bonds is 6. The molecule has 1 N–H and O–H groups in total. The van der Waals surface area contributed by atoms with Gasteiger partial charge in [-0.1, -0.05) is 12.1 Å². The van der Waals surface area contributed by atoms with Gasteiger partial charge in [0.05, 0.1) is 31.7 Å². The van der Waals surface area contributed by atoms with Gasteiger partial charge in [0.15, 0.2) is 5.96 Å². The molecule has 0 aromatic heterocycles. The van der Waals surface area contributed by atoms with Crippen molar-refractivity contribution in [3.63, 3.8) is 0 Å². The van der Waals surface area contributed by atoms with Gasteiger partial charge in [-0.2, -0.15) is 0 Å². The Labute approximate surface area is 183 Å². The standard InChI is InChI=1S/C20H30FN3O3.HI/c1-5-22-20(23-11-10-19(25)26-14(2)3)24-12-15(4)27-18(13-24)16-6-8-17(21)9-7-16;/h6-9,14-15,18H,5,10-13H2,1-4H3,(H,22,23);1H. The van der Waals surface area contributed by atoms with E-state index in [4.69, 9.17) is 9.47 Å². The van der Waals surface area contributed by atoms with E-state index in [0.29, 0.717) is 19.6 Å². The molecule has 2 atom stereocenters. The van der Waals surface area contributed by atoms with Crippen LogP contribution < -0.4 is 5.32 Å². The lowest BCUT2D eigenvalue weighted by Crippen LogP contribution is -2.50. The molecule has 28 heavy (non-hydrogen) atoms. The Morgan fingerprint density at radius 1 is 1.36 bits per heavy atom. The molecule has 8 heteroatoms. The second kappa shape index (κ2) is 12.2. The average molecular weight is 507 g/mol. The SMILES string of the molecule is CCNC(=NCCC(=O)OC(C)C)N1CC(C)OC(c2ccc(F)cc2)C1.I. The number of guanidine groups is 1. The number of hydrogen-bond donors (Lipinski definition) is 1. The van der Waals surface area contributed by atoms with Gasteiger partial charge in [-0.15, -0.1) is 24.0 Å². The van der Waals surface area contributed by atoms with Crippen molar-refractivity contribution in [3.8, 4) is 0 Å². The smallest absolute Gasteiger partial charge is 0.307 e. The summed E-state index contributed by atoms with van der Waals surface area (Å²) >= 11 is 0. The Hall–Kier alpha value is -1.42. The number of benzene rings is 1. The van der Waals surface area contributed by atoms with Gasteiger partial charge in [-0.25, -0.2) is 4.39 Å². The molecule has 6 nitrogen and oxygen atoms in total. The zero-order chi connectivity index (χ0) is 19.8. The summed E-state index contributed by atoms with van der Waals surface area (Å²) in [5, 5.41) is 3.28. The molecule has 0 aliphatic carbocycles. The monoisotopic (exact) mass is 507 g/mol. The Balaban J connectivity index is 0.00000392. The number of halogens is 2. The van der Waals surface area contributed by atoms with Crippen molar-refractivity contribution < 1.29 is 18.7 Å². The molecule has 1 aromatic rings. The lowest BCUT2D eigenvalue weighted by Gasteiger charge is -2.38. The van der Waals surface area contributed by atoms with E-state index in [2.05, 4.69) is 15.2 Å². The number of hydrogen-bond acceptors (Lipinski definition) is 4. The molecule has 0 amide bonds. The highest BCUT2D eigenvalue weighted by atomic mass is 127. The van der Waals surface area contributed by atoms with E-state index >= 15 is 0 Å². The van der Waals surface area contributed by atoms with E-state index in [1.165, 1.54) is 12.1 Å². The molecule has 2 rings (SSSR count). The predicted molar refractivity (Wildman–Crippen MR) is 118 cm³/mol. The second-order valence-corrected chi connectivity index (χ2v) is 6.92. The van der Waals surface area contributed by atoms with Crippen molar-refractivity contribution in [2.75, 3.05) is 26.2 Å². The van der Waals surface area contributed by atoms with Crippen LogP contribution in [0, 0.1) is 5.82 Å². The Bertz CT molecular complexity index is 640. The lowest BCUT2D eigenvalue weighted by atomic mass is 10.1. The van der Waals surface area contributed by atoms with E-state index < -0.39 is 0 Å². The van der Waals surface area contributed by atoms with E-state index in [0.717, 1.165) is 18.1 Å². The first-order valence-corrected chi connectivity index (χ1v) is 9.52. The van der Waals surface area contributed by atoms with Crippen LogP contribution in [-0.2, 0) is 14.3 Å². The van der Waals surface area contributed by atoms with Crippen LogP contribution in [0.2, 0.25) is 0 Å². The molecule has 0 radical (unpaired) electrons. The Morgan fingerprint density at radius 2 is 2.04 bits per heavy atom. The quantitative estimate of drug-likeness (QED) is 0.277. The van der Waals surface area contributed by atoms with E-state index in [1.54, 1.807) is 12.1 Å². The number of carbonyl (C=O) groups is 1. The fourth-order valence-corrected chi connectivity index (χ4v) is 2.99. The van der Waals surface area contributed by atoms with Crippen LogP contribution in [0.1, 0.15) is 45.8 Å². The fourth-order valence-electron chi connectivity index (χ4n) is 2.99. The predicted octanol–water partition coefficient (Wildman–Crippen LogP) is 3.51. The molecule has 1 heterocycles. The highest BCUT2D eigenvalue weighted by Crippen LogP contribution is 2.25. The minimum atomic E-state index is -0.261. The number of esters is 1. The van der Waals surface area contributed by atoms with Gasteiger partial charge in [0.1, 0.15) is 11.9 Å². The average Bonchev–Trinajstić information content (AvgIpc) is 2.60. The summed E-state index contributed by atoms with van der Waals surface area (Å²) in [4.78, 5) is 18.4. The molecule has 158 valence electrons. The zero-order valence-corrected chi connectivity index (χ0v) is 19.3. The van der Waals surface area contributed by atoms with Crippen molar-refractivity contribution in [1.29, 1.82) is 0 Å². The first-order valence-electron chi connectivity index (χ1n) is 9.52. The van der Waals surface area contributed by atoms with Crippen LogP contribution in [0.3, 0.4) is 0 Å². The van der Waals surface area contributed by atoms with Gasteiger partial charge >= 0.3 is 5.97 Å². The number of ether oxygens (including phenoxy) is 2. The van der Waals surface area contributed by atoms with Crippen molar-refractivity contribution in [2.45, 2.75) is 52.4 Å². The minimum absolute atomic E-state index is 0. The van der Waals surface area contributed by atoms with Crippen LogP contribution in [0.25, 0.3) is 0 Å². The Kier molecular flexibility index (Phi) is 10.7. The van der Waals surface area contributed by atoms with Gasteiger partial charge in [0, 0.05) is 13.1 Å². The third-order valence-electron chi connectivity index (χ3n) is 4.08. The summed E-state index contributed by atoms with van der Waals surface area (Å²) in [6.45, 7) is 10.1. The molecule has 1 fully saturated rings. The van der Waals surface area contributed by atoms with Crippen molar-refractivity contribution in [3.05, 3.63) is 35.6 Å². The molecule has 0 bridgehead atoms. The van der Waals surface area contributed by atoms with Crippen molar-refractivity contribution in [2.24, 2.45) is 4.99 Å². The van der Waals surface area contributed by atoms with Gasteiger partial charge in [0.2, 0.25) is 0 Å². The molecule has 1 aliphatic heterocycles. The number of nitrogens with one attached hydrogen (secondary N) is 1. The Morgan fingerprint density at radius 3 is 2.64 bits per heavy atom. The maximum atomic E-state index is 13.2. The first kappa shape index (κ1) is 24.6. The van der Waals surface area contributed by atoms with Gasteiger partial charge in [0.25, 0.3) is 0 Å². The topological polar surface area (TPSA) is 63.2 Å². The van der Waals surface area contributed by atoms with Crippen LogP contribution in [0.4, 0.5) is 4.39 Å². The molecule has 1 aromatic carbocycles. The molecule has 1 aliphatic rings. The largest absolute Gasteiger partial charge is 0.463 e. The van der Waals surface area contributed by atoms with Crippen LogP contribution >= 0.6 is 24.0 Å². The fraction of sp³-hybridized carbons (Fsp3) is 0.600. The summed E-state index contributed by atoms with van der Waals surface area (Å²) in [6.07, 6.45) is -0.0343. The normalized spacial score (nSPS) is 19.9. The number of carbonyl (C=O) groups excluding carboxylic acids is 1. The number of aliphatic imine (C=N–C) groups is 1. The van der Waals surface area contributed by atoms with Gasteiger partial charge in [-0.3, -0.25) is 9.79 Å². The first-order chi connectivity index (χ1) is 12.9. The summed E-state index contributed by atoms with van der Waals surface area (Å²) < 4.78 is 24.4. The third-order valence-corrected chi connectivity index (χ3v) is 4.08. The highest BCUT2D eigenvalue weighted by Gasteiger charge is 2.28. The molecular formula is C20H31FIN3O3. The van der Waals surface area contributed by atoms with Crippen molar-refractivity contribution >= 4 is 35.9 Å². The zero-order valence-electron chi connectivity index (χ0n) is 17.0.